The molecule has 0 aromatic heterocycles. The Morgan fingerprint density at radius 2 is 2.07 bits per heavy atom. The summed E-state index contributed by atoms with van der Waals surface area (Å²) in [5, 5.41) is 0. The lowest BCUT2D eigenvalue weighted by Crippen LogP contribution is -2.32. The summed E-state index contributed by atoms with van der Waals surface area (Å²) >= 11 is 19.1. The normalized spacial score (nSPS) is 36.9. The van der Waals surface area contributed by atoms with Gasteiger partial charge in [0.15, 0.2) is 4.07 Å². The van der Waals surface area contributed by atoms with E-state index in [4.69, 9.17) is 34.4 Å². The highest BCUT2D eigenvalue weighted by atomic mass is 35.7. The molecule has 2 unspecified atom stereocenters. The summed E-state index contributed by atoms with van der Waals surface area (Å²) in [6.45, 7) is 2.19. The van der Waals surface area contributed by atoms with E-state index in [1.165, 1.54) is 30.4 Å². The second-order valence-corrected chi connectivity index (χ2v) is 9.10. The second-order valence-electron chi connectivity index (χ2n) is 4.21. The van der Waals surface area contributed by atoms with Crippen molar-refractivity contribution in [3.05, 3.63) is 11.1 Å². The first-order valence-electron chi connectivity index (χ1n) is 5.03. The van der Waals surface area contributed by atoms with E-state index in [2.05, 4.69) is 6.92 Å². The molecule has 1 saturated carbocycles. The second kappa shape index (κ2) is 4.13. The van der Waals surface area contributed by atoms with Gasteiger partial charge in [0, 0.05) is 19.4 Å². The average Bonchev–Trinajstić information content (AvgIpc) is 2.16. The van der Waals surface area contributed by atoms with Crippen LogP contribution in [0.15, 0.2) is 11.1 Å². The van der Waals surface area contributed by atoms with Crippen LogP contribution in [0.3, 0.4) is 0 Å². The van der Waals surface area contributed by atoms with Crippen molar-refractivity contribution in [2.75, 3.05) is 6.16 Å². The van der Waals surface area contributed by atoms with Gasteiger partial charge >= 0.3 is 0 Å². The van der Waals surface area contributed by atoms with E-state index in [1.807, 2.05) is 0 Å². The maximum atomic E-state index is 6.39. The number of hydrogen-bond acceptors (Lipinski definition) is 0. The minimum Gasteiger partial charge on any atom is -0.0945 e. The molecule has 0 spiro atoms. The molecule has 1 fully saturated rings. The van der Waals surface area contributed by atoms with Gasteiger partial charge in [-0.2, -0.15) is 0 Å². The molecule has 1 aliphatic carbocycles. The molecule has 0 aromatic rings. The van der Waals surface area contributed by atoms with Gasteiger partial charge in [0.1, 0.15) is 0 Å². The van der Waals surface area contributed by atoms with Gasteiger partial charge in [-0.25, -0.2) is 0 Å². The monoisotopic (exact) mass is 270 g/mol. The molecule has 1 heterocycles. The van der Waals surface area contributed by atoms with Crippen molar-refractivity contribution in [1.82, 2.24) is 0 Å². The first kappa shape index (κ1) is 11.5. The van der Waals surface area contributed by atoms with Gasteiger partial charge in [-0.3, -0.25) is 0 Å². The topological polar surface area (TPSA) is 0 Å². The van der Waals surface area contributed by atoms with E-state index < -0.39 is 11.3 Å². The molecule has 2 atom stereocenters. The number of alkyl halides is 2. The van der Waals surface area contributed by atoms with Crippen LogP contribution in [0.2, 0.25) is 0 Å². The van der Waals surface area contributed by atoms with Crippen molar-refractivity contribution in [3.8, 4) is 0 Å². The number of halogens is 3. The lowest BCUT2D eigenvalue weighted by molar-refractivity contribution is 0.451. The zero-order valence-corrected chi connectivity index (χ0v) is 11.4. The Kier molecular flexibility index (Phi) is 3.40. The summed E-state index contributed by atoms with van der Waals surface area (Å²) in [7, 11) is -0.773. The van der Waals surface area contributed by atoms with Gasteiger partial charge in [-0.05, 0) is 26.2 Å². The first-order chi connectivity index (χ1) is 6.53. The molecule has 0 saturated heterocycles. The van der Waals surface area contributed by atoms with E-state index in [1.54, 1.807) is 0 Å². The average molecular weight is 272 g/mol. The molecule has 2 rings (SSSR count). The molecule has 0 N–H and O–H groups in total. The van der Waals surface area contributed by atoms with Crippen LogP contribution in [0.25, 0.3) is 0 Å². The smallest absolute Gasteiger partial charge is 0.0945 e. The van der Waals surface area contributed by atoms with E-state index in [0.717, 1.165) is 12.6 Å². The lowest BCUT2D eigenvalue weighted by atomic mass is 9.82. The summed E-state index contributed by atoms with van der Waals surface area (Å²) in [6, 6.07) is 0. The van der Waals surface area contributed by atoms with Crippen LogP contribution in [0, 0.1) is 5.92 Å². The standard InChI is InChI=1S/C10H14Cl3P/c1-7-6-14(13)10(11,12)9-5-3-2-4-8(7)9/h9H,2-6H2,1H3. The van der Waals surface area contributed by atoms with Crippen molar-refractivity contribution in [3.63, 3.8) is 0 Å². The van der Waals surface area contributed by atoms with Crippen LogP contribution in [0.4, 0.5) is 0 Å². The van der Waals surface area contributed by atoms with Crippen LogP contribution >= 0.6 is 41.7 Å². The number of hydrogen-bond donors (Lipinski definition) is 0. The molecule has 0 nitrogen and oxygen atoms in total. The first-order valence-corrected chi connectivity index (χ1v) is 8.22. The minimum atomic E-state index is -0.773. The molecule has 0 bridgehead atoms. The molecule has 2 aliphatic rings. The Morgan fingerprint density at radius 1 is 1.36 bits per heavy atom. The summed E-state index contributed by atoms with van der Waals surface area (Å²) < 4.78 is -0.674. The molecular weight excluding hydrogens is 257 g/mol. The maximum Gasteiger partial charge on any atom is 0.157 e. The number of fused-ring (bicyclic) bond motifs is 1. The van der Waals surface area contributed by atoms with Gasteiger partial charge in [0.2, 0.25) is 0 Å². The summed E-state index contributed by atoms with van der Waals surface area (Å²) in [6.07, 6.45) is 5.73. The third-order valence-electron chi connectivity index (χ3n) is 3.28. The van der Waals surface area contributed by atoms with Gasteiger partial charge in [-0.1, -0.05) is 52.0 Å². The molecular formula is C10H14Cl3P. The molecule has 0 amide bonds. The maximum absolute atomic E-state index is 6.39. The van der Waals surface area contributed by atoms with Gasteiger partial charge in [0.25, 0.3) is 0 Å². The van der Waals surface area contributed by atoms with Gasteiger partial charge in [0.05, 0.1) is 0 Å². The number of allylic oxidation sites excluding steroid dienone is 2. The largest absolute Gasteiger partial charge is 0.157 e. The zero-order valence-electron chi connectivity index (χ0n) is 8.19. The third kappa shape index (κ3) is 1.84. The summed E-state index contributed by atoms with van der Waals surface area (Å²) in [5.41, 5.74) is 2.95. The summed E-state index contributed by atoms with van der Waals surface area (Å²) in [4.78, 5) is 0. The Morgan fingerprint density at radius 3 is 2.79 bits per heavy atom. The zero-order chi connectivity index (χ0) is 10.3. The van der Waals surface area contributed by atoms with Crippen molar-refractivity contribution in [1.29, 1.82) is 0 Å². The SMILES string of the molecule is CC1=C2CCCCC2C(Cl)(Cl)P(Cl)C1. The third-order valence-corrected chi connectivity index (χ3v) is 8.42. The molecule has 0 aromatic carbocycles. The fraction of sp³-hybridized carbons (Fsp3) is 0.800. The Hall–Kier alpha value is 1.04. The molecule has 1 aliphatic heterocycles. The minimum absolute atomic E-state index is 0.331. The van der Waals surface area contributed by atoms with E-state index in [9.17, 15) is 0 Å². The molecule has 80 valence electrons. The predicted octanol–water partition coefficient (Wildman–Crippen LogP) is 5.27. The van der Waals surface area contributed by atoms with Gasteiger partial charge in [-0.15, -0.1) is 0 Å². The van der Waals surface area contributed by atoms with Crippen LogP contribution in [0.5, 0.6) is 0 Å². The number of rotatable bonds is 0. The highest BCUT2D eigenvalue weighted by Crippen LogP contribution is 2.69. The Labute approximate surface area is 102 Å². The van der Waals surface area contributed by atoms with Crippen LogP contribution in [-0.2, 0) is 0 Å². The highest BCUT2D eigenvalue weighted by Gasteiger charge is 2.47. The van der Waals surface area contributed by atoms with Gasteiger partial charge < -0.3 is 0 Å². The lowest BCUT2D eigenvalue weighted by Gasteiger charge is -2.42. The van der Waals surface area contributed by atoms with E-state index in [0.29, 0.717) is 5.92 Å². The van der Waals surface area contributed by atoms with Crippen LogP contribution in [0.1, 0.15) is 32.6 Å². The summed E-state index contributed by atoms with van der Waals surface area (Å²) in [5.74, 6) is 0.331. The van der Waals surface area contributed by atoms with Crippen LogP contribution in [-0.4, -0.2) is 10.2 Å². The molecule has 14 heavy (non-hydrogen) atoms. The van der Waals surface area contributed by atoms with Crippen LogP contribution < -0.4 is 0 Å². The predicted molar refractivity (Wildman–Crippen MR) is 66.7 cm³/mol. The van der Waals surface area contributed by atoms with Crippen molar-refractivity contribution < 1.29 is 0 Å². The highest BCUT2D eigenvalue weighted by molar-refractivity contribution is 7.88. The Balaban J connectivity index is 2.35. The fourth-order valence-electron chi connectivity index (χ4n) is 2.49. The van der Waals surface area contributed by atoms with E-state index >= 15 is 0 Å². The molecule has 0 radical (unpaired) electrons. The van der Waals surface area contributed by atoms with E-state index in [-0.39, 0.29) is 0 Å². The Bertz CT molecular complexity index is 273. The quantitative estimate of drug-likeness (QED) is 0.320. The van der Waals surface area contributed by atoms with Crippen molar-refractivity contribution in [2.45, 2.75) is 36.7 Å². The van der Waals surface area contributed by atoms with Crippen molar-refractivity contribution >= 4 is 41.7 Å². The molecule has 4 heteroatoms. The fourth-order valence-corrected chi connectivity index (χ4v) is 5.68. The van der Waals surface area contributed by atoms with Crippen molar-refractivity contribution in [2.24, 2.45) is 5.92 Å².